The van der Waals surface area contributed by atoms with Gasteiger partial charge in [0.2, 0.25) is 0 Å². The van der Waals surface area contributed by atoms with Gasteiger partial charge >= 0.3 is 0 Å². The summed E-state index contributed by atoms with van der Waals surface area (Å²) in [5.41, 5.74) is 0. The molecule has 0 heterocycles. The fraction of sp³-hybridized carbons (Fsp3) is 0.333. The molecular weight excluding hydrogens is 188 g/mol. The minimum atomic E-state index is -1.34. The fourth-order valence-electron chi connectivity index (χ4n) is 1.11. The van der Waals surface area contributed by atoms with Gasteiger partial charge in [0, 0.05) is 5.02 Å². The first kappa shape index (κ1) is 9.61. The van der Waals surface area contributed by atoms with Gasteiger partial charge in [0.05, 0.1) is 8.07 Å². The molecule has 1 nitrogen and oxygen atoms in total. The highest BCUT2D eigenvalue weighted by molar-refractivity contribution is 6.90. The summed E-state index contributed by atoms with van der Waals surface area (Å²) in [6.45, 7) is 6.68. The van der Waals surface area contributed by atoms with Gasteiger partial charge in [0.15, 0.2) is 0 Å². The molecule has 0 bridgehead atoms. The highest BCUT2D eigenvalue weighted by Gasteiger charge is 2.19. The third-order valence-corrected chi connectivity index (χ3v) is 4.28. The lowest BCUT2D eigenvalue weighted by atomic mass is 10.3. The Labute approximate surface area is 79.0 Å². The molecule has 0 spiro atoms. The highest BCUT2D eigenvalue weighted by atomic mass is 35.5. The Morgan fingerprint density at radius 3 is 2.25 bits per heavy atom. The van der Waals surface area contributed by atoms with Crippen LogP contribution in [0.1, 0.15) is 0 Å². The van der Waals surface area contributed by atoms with Gasteiger partial charge in [-0.05, 0) is 17.3 Å². The molecule has 1 aromatic rings. The Kier molecular flexibility index (Phi) is 2.49. The van der Waals surface area contributed by atoms with Crippen molar-refractivity contribution in [1.82, 2.24) is 0 Å². The lowest BCUT2D eigenvalue weighted by Gasteiger charge is -2.17. The monoisotopic (exact) mass is 200 g/mol. The Morgan fingerprint density at radius 1 is 1.25 bits per heavy atom. The molecule has 12 heavy (non-hydrogen) atoms. The van der Waals surface area contributed by atoms with Crippen LogP contribution in [-0.2, 0) is 0 Å². The van der Waals surface area contributed by atoms with E-state index in [1.807, 2.05) is 6.07 Å². The van der Waals surface area contributed by atoms with E-state index in [0.717, 1.165) is 0 Å². The van der Waals surface area contributed by atoms with Gasteiger partial charge < -0.3 is 5.11 Å². The predicted octanol–water partition coefficient (Wildman–Crippen LogP) is 2.59. The topological polar surface area (TPSA) is 20.2 Å². The minimum Gasteiger partial charge on any atom is -0.508 e. The molecule has 0 aliphatic rings. The van der Waals surface area contributed by atoms with Crippen molar-refractivity contribution in [3.63, 3.8) is 0 Å². The number of phenols is 1. The number of rotatable bonds is 1. The molecule has 0 aliphatic heterocycles. The molecule has 0 saturated heterocycles. The van der Waals surface area contributed by atoms with E-state index in [4.69, 9.17) is 16.7 Å². The lowest BCUT2D eigenvalue weighted by Crippen LogP contribution is -2.38. The van der Waals surface area contributed by atoms with Crippen LogP contribution in [0.2, 0.25) is 24.7 Å². The van der Waals surface area contributed by atoms with E-state index in [0.29, 0.717) is 5.02 Å². The zero-order valence-electron chi connectivity index (χ0n) is 7.56. The van der Waals surface area contributed by atoms with Crippen molar-refractivity contribution in [2.45, 2.75) is 19.6 Å². The molecule has 1 N–H and O–H groups in total. The largest absolute Gasteiger partial charge is 0.508 e. The standard InChI is InChI=1S/C9H13ClOSi/c1-12(2,3)9-5-4-7(11)6-8(9)10/h4-6,11H,1-3H3. The van der Waals surface area contributed by atoms with Gasteiger partial charge in [0.1, 0.15) is 5.75 Å². The third-order valence-electron chi connectivity index (χ3n) is 1.76. The van der Waals surface area contributed by atoms with Crippen LogP contribution < -0.4 is 5.19 Å². The van der Waals surface area contributed by atoms with E-state index in [1.165, 1.54) is 5.19 Å². The summed E-state index contributed by atoms with van der Waals surface area (Å²) in [5.74, 6) is 0.238. The summed E-state index contributed by atoms with van der Waals surface area (Å²) in [4.78, 5) is 0. The van der Waals surface area contributed by atoms with Gasteiger partial charge in [-0.3, -0.25) is 0 Å². The second-order valence-corrected chi connectivity index (χ2v) is 9.36. The van der Waals surface area contributed by atoms with Crippen LogP contribution in [0.25, 0.3) is 0 Å². The SMILES string of the molecule is C[Si](C)(C)c1ccc(O)cc1Cl. The smallest absolute Gasteiger partial charge is 0.117 e. The zero-order valence-corrected chi connectivity index (χ0v) is 9.31. The molecule has 0 atom stereocenters. The maximum absolute atomic E-state index is 9.13. The van der Waals surface area contributed by atoms with Crippen molar-refractivity contribution in [1.29, 1.82) is 0 Å². The van der Waals surface area contributed by atoms with Gasteiger partial charge in [-0.2, -0.15) is 0 Å². The molecule has 1 aromatic carbocycles. The summed E-state index contributed by atoms with van der Waals surface area (Å²) in [7, 11) is -1.34. The first-order valence-electron chi connectivity index (χ1n) is 3.90. The van der Waals surface area contributed by atoms with Crippen molar-refractivity contribution in [2.24, 2.45) is 0 Å². The van der Waals surface area contributed by atoms with Crippen molar-refractivity contribution in [2.75, 3.05) is 0 Å². The first-order chi connectivity index (χ1) is 5.41. The molecule has 0 aromatic heterocycles. The molecule has 66 valence electrons. The van der Waals surface area contributed by atoms with Gasteiger partial charge in [-0.25, -0.2) is 0 Å². The van der Waals surface area contributed by atoms with E-state index in [2.05, 4.69) is 19.6 Å². The maximum atomic E-state index is 9.13. The second-order valence-electron chi connectivity index (χ2n) is 3.91. The van der Waals surface area contributed by atoms with E-state index in [-0.39, 0.29) is 5.75 Å². The number of hydrogen-bond acceptors (Lipinski definition) is 1. The first-order valence-corrected chi connectivity index (χ1v) is 7.78. The van der Waals surface area contributed by atoms with Crippen LogP contribution >= 0.6 is 11.6 Å². The molecule has 0 amide bonds. The van der Waals surface area contributed by atoms with Crippen molar-refractivity contribution >= 4 is 24.9 Å². The molecule has 1 rings (SSSR count). The number of benzene rings is 1. The maximum Gasteiger partial charge on any atom is 0.117 e. The molecule has 0 radical (unpaired) electrons. The lowest BCUT2D eigenvalue weighted by molar-refractivity contribution is 0.475. The van der Waals surface area contributed by atoms with Gasteiger partial charge in [0.25, 0.3) is 0 Å². The molecule has 0 unspecified atom stereocenters. The Morgan fingerprint density at radius 2 is 1.83 bits per heavy atom. The van der Waals surface area contributed by atoms with E-state index in [1.54, 1.807) is 12.1 Å². The number of aromatic hydroxyl groups is 1. The quantitative estimate of drug-likeness (QED) is 0.692. The van der Waals surface area contributed by atoms with Crippen LogP contribution in [0.3, 0.4) is 0 Å². The summed E-state index contributed by atoms with van der Waals surface area (Å²) in [6, 6.07) is 5.22. The molecule has 3 heteroatoms. The van der Waals surface area contributed by atoms with Crippen LogP contribution in [0, 0.1) is 0 Å². The van der Waals surface area contributed by atoms with E-state index in [9.17, 15) is 0 Å². The average molecular weight is 201 g/mol. The molecule has 0 aliphatic carbocycles. The van der Waals surface area contributed by atoms with Crippen LogP contribution in [-0.4, -0.2) is 13.2 Å². The van der Waals surface area contributed by atoms with Crippen molar-refractivity contribution in [3.8, 4) is 5.75 Å². The Bertz CT molecular complexity index is 291. The summed E-state index contributed by atoms with van der Waals surface area (Å²) in [5, 5.41) is 11.0. The summed E-state index contributed by atoms with van der Waals surface area (Å²) in [6.07, 6.45) is 0. The summed E-state index contributed by atoms with van der Waals surface area (Å²) < 4.78 is 0. The fourth-order valence-corrected chi connectivity index (χ4v) is 3.51. The highest BCUT2D eigenvalue weighted by Crippen LogP contribution is 2.17. The molecular formula is C9H13ClOSi. The van der Waals surface area contributed by atoms with Crippen LogP contribution in [0.4, 0.5) is 0 Å². The zero-order chi connectivity index (χ0) is 9.35. The van der Waals surface area contributed by atoms with E-state index >= 15 is 0 Å². The number of hydrogen-bond donors (Lipinski definition) is 1. The Balaban J connectivity index is 3.19. The number of halogens is 1. The van der Waals surface area contributed by atoms with Gasteiger partial charge in [-0.15, -0.1) is 0 Å². The normalized spacial score (nSPS) is 11.7. The van der Waals surface area contributed by atoms with E-state index < -0.39 is 8.07 Å². The van der Waals surface area contributed by atoms with Crippen molar-refractivity contribution < 1.29 is 5.11 Å². The Hall–Kier alpha value is -0.473. The predicted molar refractivity (Wildman–Crippen MR) is 56.1 cm³/mol. The van der Waals surface area contributed by atoms with Crippen LogP contribution in [0.15, 0.2) is 18.2 Å². The van der Waals surface area contributed by atoms with Crippen molar-refractivity contribution in [3.05, 3.63) is 23.2 Å². The van der Waals surface area contributed by atoms with Crippen LogP contribution in [0.5, 0.6) is 5.75 Å². The second kappa shape index (κ2) is 3.11. The number of phenolic OH excluding ortho intramolecular Hbond substituents is 1. The summed E-state index contributed by atoms with van der Waals surface area (Å²) >= 11 is 5.99. The van der Waals surface area contributed by atoms with Gasteiger partial charge in [-0.1, -0.05) is 37.3 Å². The minimum absolute atomic E-state index is 0.238. The average Bonchev–Trinajstić information content (AvgIpc) is 1.83. The molecule has 0 fully saturated rings. The molecule has 0 saturated carbocycles. The third kappa shape index (κ3) is 2.02.